The molecule has 2 amide bonds. The Bertz CT molecular complexity index is 1670. The first kappa shape index (κ1) is 32.3. The molecule has 0 aliphatic carbocycles. The second-order valence-electron chi connectivity index (χ2n) is 11.7. The Morgan fingerprint density at radius 3 is 2.00 bits per heavy atom. The highest BCUT2D eigenvalue weighted by Crippen LogP contribution is 2.28. The number of carbonyl (C=O) groups excluding carboxylic acids is 2. The summed E-state index contributed by atoms with van der Waals surface area (Å²) in [4.78, 5) is 28.9. The van der Waals surface area contributed by atoms with Crippen LogP contribution in [0, 0.1) is 6.92 Å². The van der Waals surface area contributed by atoms with Crippen molar-refractivity contribution in [3.63, 3.8) is 0 Å². The summed E-state index contributed by atoms with van der Waals surface area (Å²) >= 11 is 0. The molecule has 0 saturated carbocycles. The normalized spacial score (nSPS) is 12.2. The largest absolute Gasteiger partial charge is 0.457 e. The summed E-state index contributed by atoms with van der Waals surface area (Å²) in [6, 6.07) is 30.5. The van der Waals surface area contributed by atoms with E-state index < -0.39 is 34.1 Å². The first-order valence-electron chi connectivity index (χ1n) is 14.4. The number of para-hydroxylation sites is 1. The molecular weight excluding hydrogens is 574 g/mol. The molecule has 230 valence electrons. The number of hydrogen-bond donors (Lipinski definition) is 1. The van der Waals surface area contributed by atoms with Crippen LogP contribution in [-0.4, -0.2) is 43.3 Å². The van der Waals surface area contributed by atoms with Gasteiger partial charge in [0.15, 0.2) is 0 Å². The topological polar surface area (TPSA) is 96.0 Å². The highest BCUT2D eigenvalue weighted by atomic mass is 32.2. The van der Waals surface area contributed by atoms with Gasteiger partial charge in [0, 0.05) is 12.1 Å². The standard InChI is InChI=1S/C35H39N3O5S/c1-26-13-12-14-28(23-26)24-37(27(2)34(40)36-35(3,4)5)33(39)25-38(44(41,42)32-17-10-7-11-18-32)29-19-21-31(22-20-29)43-30-15-8-6-9-16-30/h6-23,27H,24-25H2,1-5H3,(H,36,40). The second kappa shape index (κ2) is 13.8. The van der Waals surface area contributed by atoms with E-state index >= 15 is 0 Å². The number of hydrogen-bond acceptors (Lipinski definition) is 5. The lowest BCUT2D eigenvalue weighted by Crippen LogP contribution is -2.54. The van der Waals surface area contributed by atoms with E-state index in [0.717, 1.165) is 15.4 Å². The van der Waals surface area contributed by atoms with Gasteiger partial charge in [-0.2, -0.15) is 0 Å². The summed E-state index contributed by atoms with van der Waals surface area (Å²) in [5, 5.41) is 2.94. The minimum absolute atomic E-state index is 0.0428. The maximum atomic E-state index is 14.1. The summed E-state index contributed by atoms with van der Waals surface area (Å²) in [6.45, 7) is 8.81. The first-order valence-corrected chi connectivity index (χ1v) is 15.9. The summed E-state index contributed by atoms with van der Waals surface area (Å²) in [5.41, 5.74) is 1.60. The number of carbonyl (C=O) groups is 2. The van der Waals surface area contributed by atoms with Crippen molar-refractivity contribution in [1.29, 1.82) is 0 Å². The van der Waals surface area contributed by atoms with Gasteiger partial charge in [-0.15, -0.1) is 0 Å². The number of amides is 2. The van der Waals surface area contributed by atoms with Crippen molar-refractivity contribution in [3.8, 4) is 11.5 Å². The highest BCUT2D eigenvalue weighted by Gasteiger charge is 2.33. The molecule has 1 N–H and O–H groups in total. The van der Waals surface area contributed by atoms with E-state index in [9.17, 15) is 18.0 Å². The maximum absolute atomic E-state index is 14.1. The van der Waals surface area contributed by atoms with Crippen LogP contribution in [0.5, 0.6) is 11.5 Å². The van der Waals surface area contributed by atoms with Gasteiger partial charge in [-0.1, -0.05) is 66.2 Å². The van der Waals surface area contributed by atoms with Crippen LogP contribution < -0.4 is 14.4 Å². The second-order valence-corrected chi connectivity index (χ2v) is 13.5. The molecule has 9 heteroatoms. The number of rotatable bonds is 11. The van der Waals surface area contributed by atoms with E-state index in [-0.39, 0.29) is 23.0 Å². The zero-order valence-electron chi connectivity index (χ0n) is 25.7. The van der Waals surface area contributed by atoms with Gasteiger partial charge in [0.25, 0.3) is 10.0 Å². The van der Waals surface area contributed by atoms with Gasteiger partial charge in [-0.05, 0) is 88.7 Å². The van der Waals surface area contributed by atoms with Crippen molar-refractivity contribution < 1.29 is 22.7 Å². The zero-order valence-corrected chi connectivity index (χ0v) is 26.5. The third-order valence-corrected chi connectivity index (χ3v) is 8.60. The number of benzene rings is 4. The molecule has 4 aromatic carbocycles. The average molecular weight is 614 g/mol. The number of sulfonamides is 1. The van der Waals surface area contributed by atoms with E-state index in [2.05, 4.69) is 5.32 Å². The van der Waals surface area contributed by atoms with Gasteiger partial charge in [-0.25, -0.2) is 8.42 Å². The fraction of sp³-hybridized carbons (Fsp3) is 0.257. The monoisotopic (exact) mass is 613 g/mol. The van der Waals surface area contributed by atoms with Gasteiger partial charge >= 0.3 is 0 Å². The van der Waals surface area contributed by atoms with Gasteiger partial charge in [0.2, 0.25) is 11.8 Å². The van der Waals surface area contributed by atoms with Crippen molar-refractivity contribution in [2.45, 2.75) is 57.6 Å². The number of nitrogens with zero attached hydrogens (tertiary/aromatic N) is 2. The molecule has 0 radical (unpaired) electrons. The van der Waals surface area contributed by atoms with E-state index in [4.69, 9.17) is 4.74 Å². The fourth-order valence-electron chi connectivity index (χ4n) is 4.62. The van der Waals surface area contributed by atoms with Crippen LogP contribution in [0.25, 0.3) is 0 Å². The van der Waals surface area contributed by atoms with E-state index in [1.54, 1.807) is 49.4 Å². The molecular formula is C35H39N3O5S. The predicted octanol–water partition coefficient (Wildman–Crippen LogP) is 6.31. The summed E-state index contributed by atoms with van der Waals surface area (Å²) in [5.74, 6) is 0.293. The van der Waals surface area contributed by atoms with Gasteiger partial charge in [0.1, 0.15) is 24.1 Å². The molecule has 1 atom stereocenters. The first-order chi connectivity index (χ1) is 20.8. The Kier molecular flexibility index (Phi) is 10.1. The molecule has 0 aliphatic heterocycles. The quantitative estimate of drug-likeness (QED) is 0.214. The minimum Gasteiger partial charge on any atom is -0.457 e. The third kappa shape index (κ3) is 8.48. The molecule has 4 rings (SSSR count). The Morgan fingerprint density at radius 2 is 1.41 bits per heavy atom. The molecule has 44 heavy (non-hydrogen) atoms. The highest BCUT2D eigenvalue weighted by molar-refractivity contribution is 7.92. The van der Waals surface area contributed by atoms with Gasteiger partial charge < -0.3 is 15.0 Å². The van der Waals surface area contributed by atoms with Crippen molar-refractivity contribution in [3.05, 3.63) is 120 Å². The van der Waals surface area contributed by atoms with Crippen LogP contribution in [0.1, 0.15) is 38.8 Å². The molecule has 0 bridgehead atoms. The molecule has 0 saturated heterocycles. The molecule has 0 aromatic heterocycles. The maximum Gasteiger partial charge on any atom is 0.264 e. The van der Waals surface area contributed by atoms with Crippen LogP contribution in [0.15, 0.2) is 114 Å². The molecule has 8 nitrogen and oxygen atoms in total. The Hall–Kier alpha value is -4.63. The number of anilines is 1. The number of nitrogens with one attached hydrogen (secondary N) is 1. The SMILES string of the molecule is Cc1cccc(CN(C(=O)CN(c2ccc(Oc3ccccc3)cc2)S(=O)(=O)c2ccccc2)C(C)C(=O)NC(C)(C)C)c1. The lowest BCUT2D eigenvalue weighted by atomic mass is 10.1. The minimum atomic E-state index is -4.16. The fourth-order valence-corrected chi connectivity index (χ4v) is 6.05. The van der Waals surface area contributed by atoms with E-state index in [1.807, 2.05) is 82.3 Å². The molecule has 0 heterocycles. The van der Waals surface area contributed by atoms with Crippen molar-refractivity contribution in [2.75, 3.05) is 10.8 Å². The Labute approximate surface area is 260 Å². The summed E-state index contributed by atoms with van der Waals surface area (Å²) in [7, 11) is -4.16. The molecule has 4 aromatic rings. The summed E-state index contributed by atoms with van der Waals surface area (Å²) < 4.78 is 35.0. The molecule has 1 unspecified atom stereocenters. The number of ether oxygens (including phenoxy) is 1. The van der Waals surface area contributed by atoms with Crippen molar-refractivity contribution in [2.24, 2.45) is 0 Å². The lowest BCUT2D eigenvalue weighted by molar-refractivity contribution is -0.140. The van der Waals surface area contributed by atoms with Crippen LogP contribution in [0.2, 0.25) is 0 Å². The molecule has 0 aliphatic rings. The smallest absolute Gasteiger partial charge is 0.264 e. The number of aryl methyl sites for hydroxylation is 1. The van der Waals surface area contributed by atoms with Gasteiger partial charge in [0.05, 0.1) is 10.6 Å². The molecule has 0 spiro atoms. The molecule has 0 fully saturated rings. The van der Waals surface area contributed by atoms with Crippen LogP contribution in [0.3, 0.4) is 0 Å². The average Bonchev–Trinajstić information content (AvgIpc) is 2.99. The van der Waals surface area contributed by atoms with E-state index in [0.29, 0.717) is 11.5 Å². The third-order valence-electron chi connectivity index (χ3n) is 6.81. The van der Waals surface area contributed by atoms with Crippen molar-refractivity contribution >= 4 is 27.5 Å². The Morgan fingerprint density at radius 1 is 0.818 bits per heavy atom. The predicted molar refractivity (Wildman–Crippen MR) is 173 cm³/mol. The van der Waals surface area contributed by atoms with E-state index in [1.165, 1.54) is 17.0 Å². The Balaban J connectivity index is 1.70. The van der Waals surface area contributed by atoms with Crippen LogP contribution >= 0.6 is 0 Å². The lowest BCUT2D eigenvalue weighted by Gasteiger charge is -2.33. The van der Waals surface area contributed by atoms with Gasteiger partial charge in [-0.3, -0.25) is 13.9 Å². The summed E-state index contributed by atoms with van der Waals surface area (Å²) in [6.07, 6.45) is 0. The van der Waals surface area contributed by atoms with Crippen LogP contribution in [0.4, 0.5) is 5.69 Å². The zero-order chi connectivity index (χ0) is 31.9. The van der Waals surface area contributed by atoms with Crippen molar-refractivity contribution in [1.82, 2.24) is 10.2 Å². The van der Waals surface area contributed by atoms with Crippen LogP contribution in [-0.2, 0) is 26.2 Å².